The van der Waals surface area contributed by atoms with Crippen molar-refractivity contribution in [1.29, 1.82) is 0 Å². The first-order valence-electron chi connectivity index (χ1n) is 4.55. The van der Waals surface area contributed by atoms with Crippen LogP contribution in [0.3, 0.4) is 0 Å². The van der Waals surface area contributed by atoms with Crippen LogP contribution in [0.2, 0.25) is 0 Å². The van der Waals surface area contributed by atoms with Gasteiger partial charge in [-0.2, -0.15) is 0 Å². The van der Waals surface area contributed by atoms with Crippen LogP contribution in [0.4, 0.5) is 0 Å². The van der Waals surface area contributed by atoms with Gasteiger partial charge in [0.1, 0.15) is 0 Å². The van der Waals surface area contributed by atoms with Crippen LogP contribution in [-0.2, 0) is 4.74 Å². The van der Waals surface area contributed by atoms with Crippen LogP contribution >= 0.6 is 11.6 Å². The van der Waals surface area contributed by atoms with Crippen molar-refractivity contribution in [2.75, 3.05) is 13.7 Å². The standard InChI is InChI=1S/C9H18ClNO/c1-6(2)8-4-7(12-3)5-11-9(8)10/h6-9,11H,4-5H2,1-3H3. The third-order valence-corrected chi connectivity index (χ3v) is 3.12. The molecule has 3 heteroatoms. The van der Waals surface area contributed by atoms with E-state index in [0.29, 0.717) is 17.9 Å². The van der Waals surface area contributed by atoms with Crippen molar-refractivity contribution >= 4 is 11.6 Å². The summed E-state index contributed by atoms with van der Waals surface area (Å²) in [5.74, 6) is 1.16. The van der Waals surface area contributed by atoms with E-state index in [0.717, 1.165) is 13.0 Å². The van der Waals surface area contributed by atoms with Gasteiger partial charge >= 0.3 is 0 Å². The number of hydrogen-bond acceptors (Lipinski definition) is 2. The molecule has 0 saturated carbocycles. The third-order valence-electron chi connectivity index (χ3n) is 2.64. The Hall–Kier alpha value is 0.210. The second-order valence-corrected chi connectivity index (χ2v) is 4.28. The second-order valence-electron chi connectivity index (χ2n) is 3.81. The van der Waals surface area contributed by atoms with Crippen LogP contribution in [0.15, 0.2) is 0 Å². The summed E-state index contributed by atoms with van der Waals surface area (Å²) in [6.45, 7) is 5.30. The summed E-state index contributed by atoms with van der Waals surface area (Å²) in [5.41, 5.74) is 0.122. The van der Waals surface area contributed by atoms with Gasteiger partial charge in [0.05, 0.1) is 11.6 Å². The predicted molar refractivity (Wildman–Crippen MR) is 51.4 cm³/mol. The van der Waals surface area contributed by atoms with Crippen LogP contribution in [0.25, 0.3) is 0 Å². The monoisotopic (exact) mass is 191 g/mol. The van der Waals surface area contributed by atoms with Gasteiger partial charge in [0.15, 0.2) is 0 Å². The summed E-state index contributed by atoms with van der Waals surface area (Å²) in [4.78, 5) is 0. The normalized spacial score (nSPS) is 37.2. The molecule has 1 saturated heterocycles. The van der Waals surface area contributed by atoms with Crippen LogP contribution in [0.1, 0.15) is 20.3 Å². The summed E-state index contributed by atoms with van der Waals surface area (Å²) in [6, 6.07) is 0. The highest BCUT2D eigenvalue weighted by atomic mass is 35.5. The van der Waals surface area contributed by atoms with Gasteiger partial charge in [-0.1, -0.05) is 13.8 Å². The number of ether oxygens (including phenoxy) is 1. The van der Waals surface area contributed by atoms with Crippen LogP contribution in [-0.4, -0.2) is 25.3 Å². The molecule has 1 rings (SSSR count). The van der Waals surface area contributed by atoms with E-state index in [1.165, 1.54) is 0 Å². The molecule has 1 heterocycles. The van der Waals surface area contributed by atoms with Crippen molar-refractivity contribution in [3.05, 3.63) is 0 Å². The van der Waals surface area contributed by atoms with Gasteiger partial charge in [0, 0.05) is 13.7 Å². The highest BCUT2D eigenvalue weighted by Crippen LogP contribution is 2.27. The molecule has 0 radical (unpaired) electrons. The number of nitrogens with one attached hydrogen (secondary N) is 1. The van der Waals surface area contributed by atoms with Gasteiger partial charge in [-0.15, -0.1) is 11.6 Å². The van der Waals surface area contributed by atoms with Crippen LogP contribution < -0.4 is 5.32 Å². The zero-order chi connectivity index (χ0) is 9.14. The molecular formula is C9H18ClNO. The minimum Gasteiger partial charge on any atom is -0.380 e. The van der Waals surface area contributed by atoms with Gasteiger partial charge in [-0.25, -0.2) is 0 Å². The van der Waals surface area contributed by atoms with Crippen molar-refractivity contribution < 1.29 is 4.74 Å². The smallest absolute Gasteiger partial charge is 0.0858 e. The lowest BCUT2D eigenvalue weighted by Crippen LogP contribution is -2.47. The summed E-state index contributed by atoms with van der Waals surface area (Å²) in [6.07, 6.45) is 1.42. The van der Waals surface area contributed by atoms with Gasteiger partial charge in [0.25, 0.3) is 0 Å². The maximum absolute atomic E-state index is 6.13. The molecule has 3 unspecified atom stereocenters. The number of methoxy groups -OCH3 is 1. The van der Waals surface area contributed by atoms with Crippen molar-refractivity contribution in [2.24, 2.45) is 11.8 Å². The van der Waals surface area contributed by atoms with Crippen LogP contribution in [0.5, 0.6) is 0 Å². The summed E-state index contributed by atoms with van der Waals surface area (Å²) in [7, 11) is 1.76. The number of rotatable bonds is 2. The molecule has 1 aliphatic heterocycles. The van der Waals surface area contributed by atoms with E-state index in [-0.39, 0.29) is 5.50 Å². The fourth-order valence-electron chi connectivity index (χ4n) is 1.69. The molecule has 2 nitrogen and oxygen atoms in total. The Morgan fingerprint density at radius 2 is 2.17 bits per heavy atom. The lowest BCUT2D eigenvalue weighted by molar-refractivity contribution is 0.0460. The van der Waals surface area contributed by atoms with E-state index in [1.54, 1.807) is 7.11 Å². The minimum atomic E-state index is 0.122. The number of alkyl halides is 1. The highest BCUT2D eigenvalue weighted by molar-refractivity contribution is 6.20. The van der Waals surface area contributed by atoms with Crippen molar-refractivity contribution in [1.82, 2.24) is 5.32 Å². The van der Waals surface area contributed by atoms with E-state index in [4.69, 9.17) is 16.3 Å². The molecule has 72 valence electrons. The van der Waals surface area contributed by atoms with Crippen molar-refractivity contribution in [3.63, 3.8) is 0 Å². The molecule has 1 aliphatic rings. The van der Waals surface area contributed by atoms with Gasteiger partial charge in [-0.05, 0) is 18.3 Å². The van der Waals surface area contributed by atoms with E-state index in [1.807, 2.05) is 0 Å². The first-order chi connectivity index (χ1) is 5.65. The molecule has 0 aliphatic carbocycles. The van der Waals surface area contributed by atoms with E-state index < -0.39 is 0 Å². The second kappa shape index (κ2) is 4.45. The molecule has 0 spiro atoms. The SMILES string of the molecule is COC1CNC(Cl)C(C(C)C)C1. The average Bonchev–Trinajstić information content (AvgIpc) is 2.05. The zero-order valence-corrected chi connectivity index (χ0v) is 8.77. The molecule has 1 fully saturated rings. The molecule has 0 aromatic rings. The fraction of sp³-hybridized carbons (Fsp3) is 1.00. The summed E-state index contributed by atoms with van der Waals surface area (Å²) in [5, 5.41) is 3.25. The topological polar surface area (TPSA) is 21.3 Å². The molecule has 0 aromatic heterocycles. The number of piperidine rings is 1. The highest BCUT2D eigenvalue weighted by Gasteiger charge is 2.30. The molecule has 0 aromatic carbocycles. The zero-order valence-electron chi connectivity index (χ0n) is 8.01. The molecule has 1 N–H and O–H groups in total. The minimum absolute atomic E-state index is 0.122. The van der Waals surface area contributed by atoms with Gasteiger partial charge in [-0.3, -0.25) is 5.32 Å². The molecule has 12 heavy (non-hydrogen) atoms. The molecule has 3 atom stereocenters. The Balaban J connectivity index is 2.47. The van der Waals surface area contributed by atoms with E-state index in [2.05, 4.69) is 19.2 Å². The van der Waals surface area contributed by atoms with Crippen LogP contribution in [0, 0.1) is 11.8 Å². The van der Waals surface area contributed by atoms with Gasteiger partial charge in [0.2, 0.25) is 0 Å². The maximum atomic E-state index is 6.13. The molecular weight excluding hydrogens is 174 g/mol. The Labute approximate surface area is 79.6 Å². The van der Waals surface area contributed by atoms with E-state index >= 15 is 0 Å². The lowest BCUT2D eigenvalue weighted by Gasteiger charge is -2.35. The summed E-state index contributed by atoms with van der Waals surface area (Å²) >= 11 is 6.13. The Morgan fingerprint density at radius 1 is 1.50 bits per heavy atom. The number of halogens is 1. The predicted octanol–water partition coefficient (Wildman–Crippen LogP) is 1.83. The lowest BCUT2D eigenvalue weighted by atomic mass is 9.87. The Kier molecular flexibility index (Phi) is 3.81. The fourth-order valence-corrected chi connectivity index (χ4v) is 2.17. The molecule has 0 amide bonds. The van der Waals surface area contributed by atoms with Crippen molar-refractivity contribution in [3.8, 4) is 0 Å². The molecule has 0 bridgehead atoms. The quantitative estimate of drug-likeness (QED) is 0.531. The Morgan fingerprint density at radius 3 is 2.67 bits per heavy atom. The average molecular weight is 192 g/mol. The third kappa shape index (κ3) is 2.35. The van der Waals surface area contributed by atoms with E-state index in [9.17, 15) is 0 Å². The first-order valence-corrected chi connectivity index (χ1v) is 4.99. The van der Waals surface area contributed by atoms with Gasteiger partial charge < -0.3 is 4.74 Å². The largest absolute Gasteiger partial charge is 0.380 e. The maximum Gasteiger partial charge on any atom is 0.0858 e. The Bertz CT molecular complexity index is 140. The summed E-state index contributed by atoms with van der Waals surface area (Å²) < 4.78 is 5.30. The number of hydrogen-bond donors (Lipinski definition) is 1. The van der Waals surface area contributed by atoms with Crippen molar-refractivity contribution in [2.45, 2.75) is 31.9 Å². The first kappa shape index (κ1) is 10.3.